The Hall–Kier alpha value is -1.07. The number of carboxylic acids is 1. The van der Waals surface area contributed by atoms with Gasteiger partial charge in [0.15, 0.2) is 0 Å². The van der Waals surface area contributed by atoms with E-state index in [0.717, 1.165) is 36.3 Å². The number of aromatic carboxylic acids is 1. The first-order chi connectivity index (χ1) is 8.58. The van der Waals surface area contributed by atoms with Crippen LogP contribution in [0.2, 0.25) is 0 Å². The van der Waals surface area contributed by atoms with E-state index >= 15 is 0 Å². The van der Waals surface area contributed by atoms with Crippen LogP contribution in [0.5, 0.6) is 0 Å². The first-order valence-electron chi connectivity index (χ1n) is 5.97. The molecule has 18 heavy (non-hydrogen) atoms. The van der Waals surface area contributed by atoms with E-state index in [1.807, 2.05) is 6.07 Å². The number of hydrogen-bond donors (Lipinski definition) is 1. The Kier molecular flexibility index (Phi) is 4.24. The molecule has 1 fully saturated rings. The highest BCUT2D eigenvalue weighted by molar-refractivity contribution is 9.10. The molecule has 98 valence electrons. The quantitative estimate of drug-likeness (QED) is 0.912. The highest BCUT2D eigenvalue weighted by atomic mass is 79.9. The SMILES string of the molecule is CC1CN(c2ccc(C(=O)O)cc2Br)CCCO1. The minimum Gasteiger partial charge on any atom is -0.478 e. The summed E-state index contributed by atoms with van der Waals surface area (Å²) in [5.74, 6) is -0.908. The van der Waals surface area contributed by atoms with Gasteiger partial charge >= 0.3 is 5.97 Å². The van der Waals surface area contributed by atoms with Crippen LogP contribution in [0.25, 0.3) is 0 Å². The van der Waals surface area contributed by atoms with Crippen molar-refractivity contribution in [3.63, 3.8) is 0 Å². The molecule has 1 unspecified atom stereocenters. The predicted molar refractivity (Wildman–Crippen MR) is 73.3 cm³/mol. The van der Waals surface area contributed by atoms with Crippen molar-refractivity contribution in [1.82, 2.24) is 0 Å². The molecule has 2 rings (SSSR count). The highest BCUT2D eigenvalue weighted by Crippen LogP contribution is 2.28. The first kappa shape index (κ1) is 13.4. The Morgan fingerprint density at radius 3 is 3.00 bits per heavy atom. The average Bonchev–Trinajstić information content (AvgIpc) is 2.53. The van der Waals surface area contributed by atoms with Crippen molar-refractivity contribution in [3.8, 4) is 0 Å². The molecule has 0 amide bonds. The van der Waals surface area contributed by atoms with Gasteiger partial charge in [0.1, 0.15) is 0 Å². The molecule has 5 heteroatoms. The van der Waals surface area contributed by atoms with Gasteiger partial charge in [0, 0.05) is 24.2 Å². The molecule has 0 spiro atoms. The van der Waals surface area contributed by atoms with E-state index in [-0.39, 0.29) is 6.10 Å². The van der Waals surface area contributed by atoms with E-state index in [1.165, 1.54) is 0 Å². The summed E-state index contributed by atoms with van der Waals surface area (Å²) in [6, 6.07) is 5.14. The Balaban J connectivity index is 2.24. The molecule has 0 bridgehead atoms. The van der Waals surface area contributed by atoms with E-state index < -0.39 is 5.97 Å². The largest absolute Gasteiger partial charge is 0.478 e. The third kappa shape index (κ3) is 3.03. The topological polar surface area (TPSA) is 49.8 Å². The summed E-state index contributed by atoms with van der Waals surface area (Å²) in [6.45, 7) is 4.58. The molecule has 1 aliphatic rings. The summed E-state index contributed by atoms with van der Waals surface area (Å²) >= 11 is 3.45. The highest BCUT2D eigenvalue weighted by Gasteiger charge is 2.18. The van der Waals surface area contributed by atoms with E-state index in [1.54, 1.807) is 12.1 Å². The fourth-order valence-electron chi connectivity index (χ4n) is 2.11. The molecule has 1 aromatic carbocycles. The normalized spacial score (nSPS) is 20.6. The van der Waals surface area contributed by atoms with Crippen molar-refractivity contribution in [3.05, 3.63) is 28.2 Å². The van der Waals surface area contributed by atoms with Gasteiger partial charge in [0.25, 0.3) is 0 Å². The number of ether oxygens (including phenoxy) is 1. The average molecular weight is 314 g/mol. The van der Waals surface area contributed by atoms with Gasteiger partial charge in [-0.3, -0.25) is 0 Å². The smallest absolute Gasteiger partial charge is 0.335 e. The Morgan fingerprint density at radius 2 is 2.33 bits per heavy atom. The second-order valence-corrected chi connectivity index (χ2v) is 5.31. The van der Waals surface area contributed by atoms with Crippen molar-refractivity contribution >= 4 is 27.6 Å². The molecule has 0 radical (unpaired) electrons. The monoisotopic (exact) mass is 313 g/mol. The molecule has 1 atom stereocenters. The number of nitrogens with zero attached hydrogens (tertiary/aromatic N) is 1. The summed E-state index contributed by atoms with van der Waals surface area (Å²) in [5.41, 5.74) is 1.32. The minimum absolute atomic E-state index is 0.193. The Morgan fingerprint density at radius 1 is 1.56 bits per heavy atom. The van der Waals surface area contributed by atoms with Crippen LogP contribution < -0.4 is 4.90 Å². The molecule has 1 N–H and O–H groups in total. The van der Waals surface area contributed by atoms with Crippen LogP contribution in [0.15, 0.2) is 22.7 Å². The Labute approximate surface area is 115 Å². The van der Waals surface area contributed by atoms with E-state index in [0.29, 0.717) is 5.56 Å². The van der Waals surface area contributed by atoms with Crippen molar-refractivity contribution in [2.24, 2.45) is 0 Å². The maximum Gasteiger partial charge on any atom is 0.335 e. The van der Waals surface area contributed by atoms with Crippen LogP contribution in [-0.2, 0) is 4.74 Å². The molecular formula is C13H16BrNO3. The maximum absolute atomic E-state index is 10.9. The zero-order valence-corrected chi connectivity index (χ0v) is 11.8. The van der Waals surface area contributed by atoms with Crippen LogP contribution in [0, 0.1) is 0 Å². The zero-order valence-electron chi connectivity index (χ0n) is 10.2. The predicted octanol–water partition coefficient (Wildman–Crippen LogP) is 2.76. The second-order valence-electron chi connectivity index (χ2n) is 4.45. The molecule has 0 aliphatic carbocycles. The third-order valence-electron chi connectivity index (χ3n) is 2.99. The number of carboxylic acid groups (broad SMARTS) is 1. The van der Waals surface area contributed by atoms with Crippen molar-refractivity contribution < 1.29 is 14.6 Å². The van der Waals surface area contributed by atoms with Gasteiger partial charge in [-0.2, -0.15) is 0 Å². The van der Waals surface area contributed by atoms with Crippen LogP contribution >= 0.6 is 15.9 Å². The van der Waals surface area contributed by atoms with E-state index in [2.05, 4.69) is 27.8 Å². The molecular weight excluding hydrogens is 298 g/mol. The zero-order chi connectivity index (χ0) is 13.1. The van der Waals surface area contributed by atoms with Crippen molar-refractivity contribution in [2.75, 3.05) is 24.6 Å². The van der Waals surface area contributed by atoms with Crippen LogP contribution in [0.1, 0.15) is 23.7 Å². The van der Waals surface area contributed by atoms with Gasteiger partial charge in [-0.1, -0.05) is 0 Å². The fourth-order valence-corrected chi connectivity index (χ4v) is 2.74. The maximum atomic E-state index is 10.9. The first-order valence-corrected chi connectivity index (χ1v) is 6.76. The number of carbonyl (C=O) groups is 1. The lowest BCUT2D eigenvalue weighted by atomic mass is 10.2. The van der Waals surface area contributed by atoms with Gasteiger partial charge in [-0.25, -0.2) is 4.79 Å². The summed E-state index contributed by atoms with van der Waals surface area (Å²) in [6.07, 6.45) is 1.18. The summed E-state index contributed by atoms with van der Waals surface area (Å²) in [5, 5.41) is 8.94. The van der Waals surface area contributed by atoms with E-state index in [9.17, 15) is 4.79 Å². The molecule has 1 aromatic rings. The van der Waals surface area contributed by atoms with Gasteiger partial charge in [0.05, 0.1) is 17.4 Å². The standard InChI is InChI=1S/C13H16BrNO3/c1-9-8-15(5-2-6-18-9)12-4-3-10(13(16)17)7-11(12)14/h3-4,7,9H,2,5-6,8H2,1H3,(H,16,17). The summed E-state index contributed by atoms with van der Waals surface area (Å²) < 4.78 is 6.42. The number of rotatable bonds is 2. The van der Waals surface area contributed by atoms with Crippen LogP contribution in [-0.4, -0.2) is 36.9 Å². The van der Waals surface area contributed by atoms with Gasteiger partial charge in [-0.05, 0) is 47.5 Å². The summed E-state index contributed by atoms with van der Waals surface area (Å²) in [7, 11) is 0. The molecule has 4 nitrogen and oxygen atoms in total. The number of hydrogen-bond acceptors (Lipinski definition) is 3. The summed E-state index contributed by atoms with van der Waals surface area (Å²) in [4.78, 5) is 13.1. The number of anilines is 1. The number of halogens is 1. The second kappa shape index (κ2) is 5.71. The molecule has 1 aliphatic heterocycles. The van der Waals surface area contributed by atoms with Crippen LogP contribution in [0.4, 0.5) is 5.69 Å². The lowest BCUT2D eigenvalue weighted by molar-refractivity contribution is 0.0696. The molecule has 1 heterocycles. The van der Waals surface area contributed by atoms with Gasteiger partial charge in [0.2, 0.25) is 0 Å². The van der Waals surface area contributed by atoms with Gasteiger partial charge < -0.3 is 14.7 Å². The van der Waals surface area contributed by atoms with Gasteiger partial charge in [-0.15, -0.1) is 0 Å². The molecule has 0 aromatic heterocycles. The molecule has 0 saturated carbocycles. The van der Waals surface area contributed by atoms with Crippen LogP contribution in [0.3, 0.4) is 0 Å². The molecule has 1 saturated heterocycles. The number of benzene rings is 1. The van der Waals surface area contributed by atoms with Crippen molar-refractivity contribution in [1.29, 1.82) is 0 Å². The lowest BCUT2D eigenvalue weighted by Crippen LogP contribution is -2.30. The lowest BCUT2D eigenvalue weighted by Gasteiger charge is -2.25. The Bertz CT molecular complexity index is 450. The fraction of sp³-hybridized carbons (Fsp3) is 0.462. The van der Waals surface area contributed by atoms with Crippen molar-refractivity contribution in [2.45, 2.75) is 19.4 Å². The van der Waals surface area contributed by atoms with E-state index in [4.69, 9.17) is 9.84 Å². The third-order valence-corrected chi connectivity index (χ3v) is 3.62. The minimum atomic E-state index is -0.908.